The molecule has 0 radical (unpaired) electrons. The minimum absolute atomic E-state index is 0.0382. The van der Waals surface area contributed by atoms with Gasteiger partial charge >= 0.3 is 5.97 Å². The van der Waals surface area contributed by atoms with E-state index in [2.05, 4.69) is 15.1 Å². The second kappa shape index (κ2) is 10.00. The van der Waals surface area contributed by atoms with Crippen LogP contribution in [0.4, 0.5) is 10.2 Å². The zero-order valence-corrected chi connectivity index (χ0v) is 20.4. The second-order valence-corrected chi connectivity index (χ2v) is 9.09. The van der Waals surface area contributed by atoms with Gasteiger partial charge in [0, 0.05) is 37.5 Å². The van der Waals surface area contributed by atoms with Gasteiger partial charge in [0.15, 0.2) is 11.6 Å². The number of anilines is 1. The van der Waals surface area contributed by atoms with Crippen molar-refractivity contribution >= 4 is 34.7 Å². The first-order chi connectivity index (χ1) is 17.9. The molecule has 1 unspecified atom stereocenters. The number of nitrogens with zero attached hydrogens (tertiary/aromatic N) is 5. The summed E-state index contributed by atoms with van der Waals surface area (Å²) in [7, 11) is 3.06. The maximum Gasteiger partial charge on any atom is 0.341 e. The van der Waals surface area contributed by atoms with Crippen LogP contribution in [0.25, 0.3) is 11.0 Å². The van der Waals surface area contributed by atoms with Crippen molar-refractivity contribution in [2.24, 2.45) is 16.1 Å². The highest BCUT2D eigenvalue weighted by Gasteiger charge is 2.33. The summed E-state index contributed by atoms with van der Waals surface area (Å²) in [6.07, 6.45) is 4.76. The van der Waals surface area contributed by atoms with Gasteiger partial charge in [0.1, 0.15) is 24.1 Å². The van der Waals surface area contributed by atoms with E-state index in [1.165, 1.54) is 13.3 Å². The molecule has 1 saturated heterocycles. The van der Waals surface area contributed by atoms with Crippen molar-refractivity contribution in [3.8, 4) is 5.75 Å². The third-order valence-electron chi connectivity index (χ3n) is 6.56. The largest absolute Gasteiger partial charge is 0.497 e. The minimum Gasteiger partial charge on any atom is -0.497 e. The van der Waals surface area contributed by atoms with E-state index in [-0.39, 0.29) is 40.9 Å². The fraction of sp³-hybridized carbons (Fsp3) is 0.346. The maximum absolute atomic E-state index is 15.3. The van der Waals surface area contributed by atoms with Crippen LogP contribution in [-0.4, -0.2) is 66.4 Å². The Morgan fingerprint density at radius 3 is 2.68 bits per heavy atom. The number of benzene rings is 1. The van der Waals surface area contributed by atoms with Gasteiger partial charge in [-0.15, -0.1) is 0 Å². The van der Waals surface area contributed by atoms with E-state index < -0.39 is 17.2 Å². The molecule has 10 nitrogen and oxygen atoms in total. The van der Waals surface area contributed by atoms with E-state index in [0.717, 1.165) is 30.2 Å². The Morgan fingerprint density at radius 2 is 2.03 bits per heavy atom. The van der Waals surface area contributed by atoms with Crippen LogP contribution >= 0.6 is 0 Å². The van der Waals surface area contributed by atoms with Crippen LogP contribution < -0.4 is 15.1 Å². The lowest BCUT2D eigenvalue weighted by atomic mass is 10.1. The zero-order chi connectivity index (χ0) is 26.1. The summed E-state index contributed by atoms with van der Waals surface area (Å²) in [5, 5.41) is 13.5. The Balaban J connectivity index is 1.44. The molecule has 2 fully saturated rings. The summed E-state index contributed by atoms with van der Waals surface area (Å²) in [6.45, 7) is 1.10. The molecule has 1 saturated carbocycles. The van der Waals surface area contributed by atoms with Crippen LogP contribution in [-0.2, 0) is 4.84 Å². The Kier molecular flexibility index (Phi) is 6.60. The predicted molar refractivity (Wildman–Crippen MR) is 137 cm³/mol. The van der Waals surface area contributed by atoms with Crippen molar-refractivity contribution in [1.82, 2.24) is 9.55 Å². The standard InChI is InChI=1S/C26H26FN5O5/c1-36-18-7-3-15(4-8-18)10-28-11-16-12-31(14-22(16)30-37-2)25-21(27)9-19-23(33)20(26(34)35)13-32(17-5-6-17)24(19)29-25/h3-4,7-10,13,16-17H,5-6,11-12,14H2,1-2H3,(H,34,35)/b28-10?,30-22+. The summed E-state index contributed by atoms with van der Waals surface area (Å²) in [5.41, 5.74) is 0.767. The highest BCUT2D eigenvalue weighted by molar-refractivity contribution is 5.95. The van der Waals surface area contributed by atoms with E-state index in [1.54, 1.807) is 22.8 Å². The molecule has 37 heavy (non-hydrogen) atoms. The summed E-state index contributed by atoms with van der Waals surface area (Å²) in [5.74, 6) is -1.34. The van der Waals surface area contributed by atoms with Gasteiger partial charge in [-0.1, -0.05) is 5.16 Å². The fourth-order valence-corrected chi connectivity index (χ4v) is 4.52. The van der Waals surface area contributed by atoms with Gasteiger partial charge < -0.3 is 24.1 Å². The number of aromatic carboxylic acids is 1. The number of halogens is 1. The minimum atomic E-state index is -1.34. The Labute approximate surface area is 211 Å². The normalized spacial score (nSPS) is 18.7. The smallest absolute Gasteiger partial charge is 0.341 e. The fourth-order valence-electron chi connectivity index (χ4n) is 4.52. The third-order valence-corrected chi connectivity index (χ3v) is 6.56. The van der Waals surface area contributed by atoms with Crippen LogP contribution in [0.3, 0.4) is 0 Å². The van der Waals surface area contributed by atoms with Gasteiger partial charge in [-0.2, -0.15) is 0 Å². The molecule has 2 aromatic heterocycles. The molecule has 11 heteroatoms. The van der Waals surface area contributed by atoms with Crippen LogP contribution in [0.5, 0.6) is 5.75 Å². The number of methoxy groups -OCH3 is 1. The first-order valence-corrected chi connectivity index (χ1v) is 11.9. The number of aliphatic imine (C=N–C) groups is 1. The average Bonchev–Trinajstić information content (AvgIpc) is 3.66. The molecule has 1 N–H and O–H groups in total. The molecule has 5 rings (SSSR count). The van der Waals surface area contributed by atoms with Gasteiger partial charge in [0.2, 0.25) is 5.43 Å². The van der Waals surface area contributed by atoms with Crippen molar-refractivity contribution in [1.29, 1.82) is 0 Å². The van der Waals surface area contributed by atoms with Crippen LogP contribution in [0.2, 0.25) is 0 Å². The van der Waals surface area contributed by atoms with Crippen molar-refractivity contribution in [2.45, 2.75) is 18.9 Å². The lowest BCUT2D eigenvalue weighted by Crippen LogP contribution is -2.25. The van der Waals surface area contributed by atoms with E-state index in [0.29, 0.717) is 18.8 Å². The molecule has 1 atom stereocenters. The first-order valence-electron chi connectivity index (χ1n) is 11.9. The number of ether oxygens (including phenoxy) is 1. The van der Waals surface area contributed by atoms with Crippen LogP contribution in [0.15, 0.2) is 51.5 Å². The molecular weight excluding hydrogens is 481 g/mol. The van der Waals surface area contributed by atoms with Crippen molar-refractivity contribution in [3.05, 3.63) is 63.7 Å². The SMILES string of the molecule is CO/N=C1\CN(c2nc3c(cc2F)c(=O)c(C(=O)O)cn3C2CC2)CC1CN=Cc1ccc(OC)cc1. The van der Waals surface area contributed by atoms with Gasteiger partial charge in [-0.3, -0.25) is 9.79 Å². The molecule has 0 amide bonds. The van der Waals surface area contributed by atoms with E-state index in [4.69, 9.17) is 9.57 Å². The Bertz CT molecular complexity index is 1460. The Morgan fingerprint density at radius 1 is 1.27 bits per heavy atom. The van der Waals surface area contributed by atoms with Gasteiger partial charge in [0.05, 0.1) is 24.8 Å². The number of rotatable bonds is 8. The molecule has 192 valence electrons. The topological polar surface area (TPSA) is 119 Å². The maximum atomic E-state index is 15.3. The van der Waals surface area contributed by atoms with E-state index >= 15 is 4.39 Å². The molecular formula is C26H26FN5O5. The molecule has 0 bridgehead atoms. The Hall–Kier alpha value is -4.28. The van der Waals surface area contributed by atoms with Crippen molar-refractivity contribution in [3.63, 3.8) is 0 Å². The number of pyridine rings is 2. The monoisotopic (exact) mass is 507 g/mol. The summed E-state index contributed by atoms with van der Waals surface area (Å²) in [4.78, 5) is 40.2. The number of carboxylic acid groups (broad SMARTS) is 1. The number of hydrogen-bond acceptors (Lipinski definition) is 8. The van der Waals surface area contributed by atoms with Gasteiger partial charge in [0.25, 0.3) is 0 Å². The average molecular weight is 508 g/mol. The number of aromatic nitrogens is 2. The molecule has 3 aromatic rings. The van der Waals surface area contributed by atoms with Crippen molar-refractivity contribution in [2.75, 3.05) is 38.8 Å². The predicted octanol–water partition coefficient (Wildman–Crippen LogP) is 3.14. The highest BCUT2D eigenvalue weighted by atomic mass is 19.1. The lowest BCUT2D eigenvalue weighted by molar-refractivity contribution is 0.0695. The summed E-state index contributed by atoms with van der Waals surface area (Å²) in [6, 6.07) is 8.63. The van der Waals surface area contributed by atoms with E-state index in [1.807, 2.05) is 24.3 Å². The highest BCUT2D eigenvalue weighted by Crippen LogP contribution is 2.37. The first kappa shape index (κ1) is 24.4. The van der Waals surface area contributed by atoms with E-state index in [9.17, 15) is 14.7 Å². The van der Waals surface area contributed by atoms with Crippen molar-refractivity contribution < 1.29 is 23.9 Å². The molecule has 1 aromatic carbocycles. The lowest BCUT2D eigenvalue weighted by Gasteiger charge is -2.19. The van der Waals surface area contributed by atoms with Gasteiger partial charge in [-0.05, 0) is 48.7 Å². The number of oxime groups is 1. The molecule has 0 spiro atoms. The summed E-state index contributed by atoms with van der Waals surface area (Å²) >= 11 is 0. The summed E-state index contributed by atoms with van der Waals surface area (Å²) < 4.78 is 22.1. The molecule has 1 aliphatic carbocycles. The number of fused-ring (bicyclic) bond motifs is 1. The number of hydrogen-bond donors (Lipinski definition) is 1. The zero-order valence-electron chi connectivity index (χ0n) is 20.4. The molecule has 3 heterocycles. The third kappa shape index (κ3) is 4.89. The van der Waals surface area contributed by atoms with Gasteiger partial charge in [-0.25, -0.2) is 14.2 Å². The molecule has 1 aliphatic heterocycles. The second-order valence-electron chi connectivity index (χ2n) is 9.09. The van der Waals surface area contributed by atoms with Crippen LogP contribution in [0.1, 0.15) is 34.8 Å². The quantitative estimate of drug-likeness (QED) is 0.368. The molecule has 2 aliphatic rings. The van der Waals surface area contributed by atoms with Crippen LogP contribution in [0, 0.1) is 11.7 Å². The number of carbonyl (C=O) groups is 1. The number of carboxylic acids is 1.